The molecule has 0 spiro atoms. The maximum absolute atomic E-state index is 11.9. The van der Waals surface area contributed by atoms with Crippen molar-refractivity contribution in [2.45, 2.75) is 26.3 Å². The lowest BCUT2D eigenvalue weighted by molar-refractivity contribution is 0.0981. The lowest BCUT2D eigenvalue weighted by atomic mass is 10.1. The zero-order valence-corrected chi connectivity index (χ0v) is 12.3. The van der Waals surface area contributed by atoms with Gasteiger partial charge >= 0.3 is 0 Å². The predicted octanol–water partition coefficient (Wildman–Crippen LogP) is 4.73. The molecule has 0 unspecified atom stereocenters. The molecule has 0 bridgehead atoms. The molecule has 1 aromatic carbocycles. The molecular weight excluding hydrogens is 266 g/mol. The Hall–Kier alpha value is -1.87. The third-order valence-electron chi connectivity index (χ3n) is 3.46. The Bertz CT molecular complexity index is 738. The Labute approximate surface area is 122 Å². The van der Waals surface area contributed by atoms with Crippen LogP contribution in [0.15, 0.2) is 48.1 Å². The van der Waals surface area contributed by atoms with E-state index in [9.17, 15) is 4.79 Å². The van der Waals surface area contributed by atoms with Gasteiger partial charge in [0.2, 0.25) is 0 Å². The molecule has 102 valence electrons. The first-order valence-electron chi connectivity index (χ1n) is 6.92. The lowest BCUT2D eigenvalue weighted by Crippen LogP contribution is -1.98. The van der Waals surface area contributed by atoms with Crippen LogP contribution in [-0.2, 0) is 6.54 Å². The van der Waals surface area contributed by atoms with Crippen LogP contribution in [0.1, 0.15) is 35.7 Å². The molecule has 20 heavy (non-hydrogen) atoms. The van der Waals surface area contributed by atoms with Crippen molar-refractivity contribution < 1.29 is 4.79 Å². The highest BCUT2D eigenvalue weighted by atomic mass is 32.1. The summed E-state index contributed by atoms with van der Waals surface area (Å²) in [5, 5.41) is 3.52. The second kappa shape index (κ2) is 5.63. The number of Topliss-reactive ketones (excluding diaryl/α,β-unsaturated/α-hetero) is 1. The maximum atomic E-state index is 11.9. The van der Waals surface area contributed by atoms with Crippen molar-refractivity contribution in [1.82, 2.24) is 4.57 Å². The van der Waals surface area contributed by atoms with Gasteiger partial charge in [0.05, 0.1) is 0 Å². The molecule has 0 amide bonds. The van der Waals surface area contributed by atoms with Crippen LogP contribution in [0, 0.1) is 0 Å². The minimum Gasteiger partial charge on any atom is -0.349 e. The number of rotatable bonds is 5. The molecule has 3 heteroatoms. The van der Waals surface area contributed by atoms with Gasteiger partial charge in [0.1, 0.15) is 0 Å². The van der Waals surface area contributed by atoms with E-state index in [1.54, 1.807) is 11.3 Å². The van der Waals surface area contributed by atoms with Gasteiger partial charge in [-0.15, -0.1) is 11.3 Å². The molecule has 0 atom stereocenters. The summed E-state index contributed by atoms with van der Waals surface area (Å²) in [5.74, 6) is 0.237. The molecule has 0 aliphatic heterocycles. The second-order valence-corrected chi connectivity index (χ2v) is 5.91. The smallest absolute Gasteiger partial charge is 0.164 e. The van der Waals surface area contributed by atoms with Gasteiger partial charge in [-0.25, -0.2) is 0 Å². The average molecular weight is 283 g/mol. The molecule has 0 radical (unpaired) electrons. The summed E-state index contributed by atoms with van der Waals surface area (Å²) in [6.45, 7) is 2.86. The second-order valence-electron chi connectivity index (χ2n) is 5.00. The van der Waals surface area contributed by atoms with Crippen molar-refractivity contribution in [2.75, 3.05) is 0 Å². The summed E-state index contributed by atoms with van der Waals surface area (Å²) in [6, 6.07) is 10.4. The first kappa shape index (κ1) is 13.1. The van der Waals surface area contributed by atoms with Gasteiger partial charge in [0, 0.05) is 35.6 Å². The standard InChI is InChI=1S/C17H17NOS/c1-2-5-16(19)13-8-9-18(10-13)11-14-12-20-17-7-4-3-6-15(14)17/h3-4,6-10,12H,2,5,11H2,1H3. The van der Waals surface area contributed by atoms with Crippen LogP contribution >= 0.6 is 11.3 Å². The lowest BCUT2D eigenvalue weighted by Gasteiger charge is -2.01. The number of thiophene rings is 1. The van der Waals surface area contributed by atoms with Gasteiger partial charge in [0.15, 0.2) is 5.78 Å². The highest BCUT2D eigenvalue weighted by Crippen LogP contribution is 2.26. The fraction of sp³-hybridized carbons (Fsp3) is 0.235. The number of fused-ring (bicyclic) bond motifs is 1. The van der Waals surface area contributed by atoms with E-state index in [0.717, 1.165) is 18.5 Å². The van der Waals surface area contributed by atoms with Crippen molar-refractivity contribution in [3.8, 4) is 0 Å². The Morgan fingerprint density at radius 2 is 2.10 bits per heavy atom. The largest absolute Gasteiger partial charge is 0.349 e. The van der Waals surface area contributed by atoms with Crippen LogP contribution in [0.2, 0.25) is 0 Å². The first-order chi connectivity index (χ1) is 9.78. The highest BCUT2D eigenvalue weighted by molar-refractivity contribution is 7.17. The van der Waals surface area contributed by atoms with Gasteiger partial charge in [0.25, 0.3) is 0 Å². The zero-order valence-electron chi connectivity index (χ0n) is 11.5. The molecule has 3 aromatic rings. The monoisotopic (exact) mass is 283 g/mol. The van der Waals surface area contributed by atoms with E-state index in [4.69, 9.17) is 0 Å². The van der Waals surface area contributed by atoms with Gasteiger partial charge in [-0.3, -0.25) is 4.79 Å². The fourth-order valence-electron chi connectivity index (χ4n) is 2.43. The number of hydrogen-bond donors (Lipinski definition) is 0. The van der Waals surface area contributed by atoms with Crippen molar-refractivity contribution in [1.29, 1.82) is 0 Å². The number of carbonyl (C=O) groups is 1. The van der Waals surface area contributed by atoms with Crippen LogP contribution in [0.5, 0.6) is 0 Å². The number of benzene rings is 1. The molecule has 2 aromatic heterocycles. The minimum atomic E-state index is 0.237. The zero-order chi connectivity index (χ0) is 13.9. The molecule has 0 aliphatic carbocycles. The first-order valence-corrected chi connectivity index (χ1v) is 7.80. The van der Waals surface area contributed by atoms with E-state index in [-0.39, 0.29) is 5.78 Å². The van der Waals surface area contributed by atoms with Crippen LogP contribution < -0.4 is 0 Å². The van der Waals surface area contributed by atoms with E-state index < -0.39 is 0 Å². The van der Waals surface area contributed by atoms with Crippen molar-refractivity contribution in [3.05, 3.63) is 59.2 Å². The molecule has 0 fully saturated rings. The molecule has 0 saturated heterocycles. The van der Waals surface area contributed by atoms with Gasteiger partial charge < -0.3 is 4.57 Å². The van der Waals surface area contributed by atoms with Crippen LogP contribution in [0.3, 0.4) is 0 Å². The third kappa shape index (κ3) is 2.54. The molecule has 0 aliphatic rings. The Morgan fingerprint density at radius 1 is 1.25 bits per heavy atom. The molecule has 2 heterocycles. The number of ketones is 1. The summed E-state index contributed by atoms with van der Waals surface area (Å²) in [5.41, 5.74) is 2.14. The van der Waals surface area contributed by atoms with Crippen LogP contribution in [0.4, 0.5) is 0 Å². The Morgan fingerprint density at radius 3 is 2.95 bits per heavy atom. The van der Waals surface area contributed by atoms with Crippen LogP contribution in [0.25, 0.3) is 10.1 Å². The third-order valence-corrected chi connectivity index (χ3v) is 4.48. The molecule has 0 N–H and O–H groups in total. The Balaban J connectivity index is 1.83. The number of nitrogens with zero attached hydrogens (tertiary/aromatic N) is 1. The SMILES string of the molecule is CCCC(=O)c1ccn(Cc2csc3ccccc23)c1. The van der Waals surface area contributed by atoms with Crippen LogP contribution in [-0.4, -0.2) is 10.4 Å². The summed E-state index contributed by atoms with van der Waals surface area (Å²) in [4.78, 5) is 11.9. The number of hydrogen-bond acceptors (Lipinski definition) is 2. The number of aromatic nitrogens is 1. The quantitative estimate of drug-likeness (QED) is 0.620. The molecule has 2 nitrogen and oxygen atoms in total. The minimum absolute atomic E-state index is 0.237. The van der Waals surface area contributed by atoms with Crippen molar-refractivity contribution in [2.24, 2.45) is 0 Å². The molecule has 0 saturated carbocycles. The molecular formula is C17H17NOS. The van der Waals surface area contributed by atoms with E-state index >= 15 is 0 Å². The van der Waals surface area contributed by atoms with E-state index in [1.807, 2.05) is 25.4 Å². The van der Waals surface area contributed by atoms with E-state index in [0.29, 0.717) is 6.42 Å². The fourth-order valence-corrected chi connectivity index (χ4v) is 3.38. The summed E-state index contributed by atoms with van der Waals surface area (Å²) in [6.07, 6.45) is 5.49. The van der Waals surface area contributed by atoms with Crippen molar-refractivity contribution in [3.63, 3.8) is 0 Å². The van der Waals surface area contributed by atoms with Gasteiger partial charge in [-0.05, 0) is 34.9 Å². The van der Waals surface area contributed by atoms with Gasteiger partial charge in [-0.1, -0.05) is 25.1 Å². The van der Waals surface area contributed by atoms with E-state index in [1.165, 1.54) is 15.6 Å². The maximum Gasteiger partial charge on any atom is 0.164 e. The Kier molecular flexibility index (Phi) is 3.70. The van der Waals surface area contributed by atoms with Gasteiger partial charge in [-0.2, -0.15) is 0 Å². The topological polar surface area (TPSA) is 22.0 Å². The summed E-state index contributed by atoms with van der Waals surface area (Å²) >= 11 is 1.77. The average Bonchev–Trinajstić information content (AvgIpc) is 3.08. The highest BCUT2D eigenvalue weighted by Gasteiger charge is 2.08. The summed E-state index contributed by atoms with van der Waals surface area (Å²) in [7, 11) is 0. The number of carbonyl (C=O) groups excluding carboxylic acids is 1. The normalized spacial score (nSPS) is 11.1. The molecule has 3 rings (SSSR count). The van der Waals surface area contributed by atoms with E-state index in [2.05, 4.69) is 34.2 Å². The predicted molar refractivity (Wildman–Crippen MR) is 84.6 cm³/mol. The van der Waals surface area contributed by atoms with Crippen molar-refractivity contribution >= 4 is 27.2 Å². The summed E-state index contributed by atoms with van der Waals surface area (Å²) < 4.78 is 3.41.